The monoisotopic (exact) mass is 504 g/mol. The van der Waals surface area contributed by atoms with E-state index in [1.807, 2.05) is 0 Å². The van der Waals surface area contributed by atoms with E-state index in [0.29, 0.717) is 28.1 Å². The van der Waals surface area contributed by atoms with Crippen molar-refractivity contribution in [2.24, 2.45) is 5.73 Å². The first kappa shape index (κ1) is 24.2. The number of pyridine rings is 1. The number of anilines is 1. The predicted molar refractivity (Wildman–Crippen MR) is 124 cm³/mol. The summed E-state index contributed by atoms with van der Waals surface area (Å²) < 4.78 is 36.1. The van der Waals surface area contributed by atoms with Gasteiger partial charge in [0, 0.05) is 23.7 Å². The number of nitrogens with one attached hydrogen (secondary N) is 2. The lowest BCUT2D eigenvalue weighted by Gasteiger charge is -2.29. The lowest BCUT2D eigenvalue weighted by molar-refractivity contribution is -0.124. The van der Waals surface area contributed by atoms with E-state index in [1.165, 1.54) is 31.5 Å². The summed E-state index contributed by atoms with van der Waals surface area (Å²) in [6.45, 7) is -0.714. The van der Waals surface area contributed by atoms with Gasteiger partial charge in [0.05, 0.1) is 41.1 Å². The average molecular weight is 505 g/mol. The SMILES string of the molecule is COc1cc2nccc(Oc3ccc(NC4=C(NCC(F)F)C(O)C4=O)c(Cl)c3)c2cc1C(N)=O. The topological polar surface area (TPSA) is 136 Å². The zero-order chi connectivity index (χ0) is 25.3. The van der Waals surface area contributed by atoms with E-state index in [1.54, 1.807) is 18.2 Å². The van der Waals surface area contributed by atoms with E-state index < -0.39 is 30.8 Å². The van der Waals surface area contributed by atoms with Crippen molar-refractivity contribution >= 4 is 39.9 Å². The maximum absolute atomic E-state index is 12.5. The van der Waals surface area contributed by atoms with Crippen LogP contribution in [0.2, 0.25) is 5.02 Å². The minimum absolute atomic E-state index is 0.0318. The number of carbonyl (C=O) groups excluding carboxylic acids is 2. The molecule has 1 amide bonds. The third-order valence-corrected chi connectivity index (χ3v) is 5.51. The quantitative estimate of drug-likeness (QED) is 0.349. The third kappa shape index (κ3) is 4.81. The van der Waals surface area contributed by atoms with Gasteiger partial charge in [0.1, 0.15) is 22.9 Å². The molecule has 12 heteroatoms. The van der Waals surface area contributed by atoms with E-state index in [0.717, 1.165) is 0 Å². The lowest BCUT2D eigenvalue weighted by Crippen LogP contribution is -2.46. The highest BCUT2D eigenvalue weighted by molar-refractivity contribution is 6.33. The molecule has 5 N–H and O–H groups in total. The van der Waals surface area contributed by atoms with E-state index >= 15 is 0 Å². The maximum atomic E-state index is 12.5. The van der Waals surface area contributed by atoms with Crippen molar-refractivity contribution in [3.63, 3.8) is 0 Å². The molecule has 0 saturated carbocycles. The first-order valence-electron chi connectivity index (χ1n) is 10.2. The zero-order valence-electron chi connectivity index (χ0n) is 18.1. The van der Waals surface area contributed by atoms with Crippen LogP contribution in [0, 0.1) is 0 Å². The smallest absolute Gasteiger partial charge is 0.255 e. The number of aliphatic hydroxyl groups excluding tert-OH is 1. The van der Waals surface area contributed by atoms with Gasteiger partial charge in [-0.05, 0) is 24.3 Å². The Morgan fingerprint density at radius 1 is 1.26 bits per heavy atom. The number of Topliss-reactive ketones (excluding diaryl/α,β-unsaturated/α-hetero) is 1. The van der Waals surface area contributed by atoms with Gasteiger partial charge in [-0.25, -0.2) is 8.78 Å². The number of carbonyl (C=O) groups is 2. The largest absolute Gasteiger partial charge is 0.496 e. The number of aliphatic hydroxyl groups is 1. The highest BCUT2D eigenvalue weighted by atomic mass is 35.5. The number of methoxy groups -OCH3 is 1. The fourth-order valence-electron chi connectivity index (χ4n) is 3.48. The molecule has 35 heavy (non-hydrogen) atoms. The molecule has 1 aliphatic rings. The first-order valence-corrected chi connectivity index (χ1v) is 10.6. The van der Waals surface area contributed by atoms with E-state index in [2.05, 4.69) is 15.6 Å². The van der Waals surface area contributed by atoms with Crippen LogP contribution in [0.5, 0.6) is 17.2 Å². The number of amides is 1. The number of ketones is 1. The van der Waals surface area contributed by atoms with Crippen molar-refractivity contribution in [1.29, 1.82) is 0 Å². The van der Waals surface area contributed by atoms with E-state index in [-0.39, 0.29) is 27.7 Å². The van der Waals surface area contributed by atoms with Crippen LogP contribution in [0.25, 0.3) is 10.9 Å². The summed E-state index contributed by atoms with van der Waals surface area (Å²) in [5.41, 5.74) is 6.33. The molecular weight excluding hydrogens is 486 g/mol. The molecule has 1 heterocycles. The van der Waals surface area contributed by atoms with E-state index in [4.69, 9.17) is 26.8 Å². The second-order valence-corrected chi connectivity index (χ2v) is 7.85. The van der Waals surface area contributed by atoms with Gasteiger partial charge in [-0.1, -0.05) is 11.6 Å². The minimum atomic E-state index is -2.66. The molecule has 0 bridgehead atoms. The van der Waals surface area contributed by atoms with Gasteiger partial charge in [-0.2, -0.15) is 0 Å². The van der Waals surface area contributed by atoms with Gasteiger partial charge in [0.15, 0.2) is 6.10 Å². The molecule has 0 radical (unpaired) electrons. The number of benzene rings is 2. The molecule has 4 rings (SSSR count). The van der Waals surface area contributed by atoms with Crippen LogP contribution >= 0.6 is 11.6 Å². The summed E-state index contributed by atoms with van der Waals surface area (Å²) in [7, 11) is 1.41. The minimum Gasteiger partial charge on any atom is -0.496 e. The number of fused-ring (bicyclic) bond motifs is 1. The van der Waals surface area contributed by atoms with Gasteiger partial charge in [-0.3, -0.25) is 14.6 Å². The third-order valence-electron chi connectivity index (χ3n) is 5.20. The number of nitrogens with zero attached hydrogens (tertiary/aromatic N) is 1. The van der Waals surface area contributed by atoms with Crippen LogP contribution in [0.1, 0.15) is 10.4 Å². The van der Waals surface area contributed by atoms with E-state index in [9.17, 15) is 23.5 Å². The van der Waals surface area contributed by atoms with Crippen LogP contribution in [0.4, 0.5) is 14.5 Å². The number of rotatable bonds is 9. The number of hydrogen-bond donors (Lipinski definition) is 4. The molecule has 3 aromatic rings. The molecular formula is C23H19ClF2N4O5. The summed E-state index contributed by atoms with van der Waals surface area (Å²) in [6.07, 6.45) is -2.63. The predicted octanol–water partition coefficient (Wildman–Crippen LogP) is 3.21. The molecule has 9 nitrogen and oxygen atoms in total. The van der Waals surface area contributed by atoms with Crippen molar-refractivity contribution < 1.29 is 33.0 Å². The number of ether oxygens (including phenoxy) is 2. The Bertz CT molecular complexity index is 1370. The van der Waals surface area contributed by atoms with Gasteiger partial charge in [0.25, 0.3) is 12.3 Å². The normalized spacial score (nSPS) is 15.3. The zero-order valence-corrected chi connectivity index (χ0v) is 18.9. The number of nitrogens with two attached hydrogens (primary N) is 1. The molecule has 0 fully saturated rings. The van der Waals surface area contributed by atoms with Gasteiger partial charge < -0.3 is 30.9 Å². The van der Waals surface area contributed by atoms with Crippen molar-refractivity contribution in [3.05, 3.63) is 64.6 Å². The molecule has 2 aromatic carbocycles. The fraction of sp³-hybridized carbons (Fsp3) is 0.174. The van der Waals surface area contributed by atoms with Crippen molar-refractivity contribution in [1.82, 2.24) is 10.3 Å². The Morgan fingerprint density at radius 3 is 2.69 bits per heavy atom. The molecule has 1 atom stereocenters. The lowest BCUT2D eigenvalue weighted by atomic mass is 9.94. The average Bonchev–Trinajstić information content (AvgIpc) is 2.83. The van der Waals surface area contributed by atoms with Crippen LogP contribution in [-0.4, -0.2) is 48.0 Å². The van der Waals surface area contributed by atoms with Crippen LogP contribution in [-0.2, 0) is 4.79 Å². The molecule has 1 unspecified atom stereocenters. The first-order chi connectivity index (χ1) is 16.7. The summed E-state index contributed by atoms with van der Waals surface area (Å²) in [5, 5.41) is 15.5. The number of alkyl halides is 2. The van der Waals surface area contributed by atoms with Gasteiger partial charge in [0.2, 0.25) is 5.78 Å². The maximum Gasteiger partial charge on any atom is 0.255 e. The number of aromatic nitrogens is 1. The van der Waals surface area contributed by atoms with Crippen molar-refractivity contribution in [2.45, 2.75) is 12.5 Å². The van der Waals surface area contributed by atoms with Crippen LogP contribution in [0.15, 0.2) is 54.0 Å². The van der Waals surface area contributed by atoms with Crippen molar-refractivity contribution in [2.75, 3.05) is 19.0 Å². The Balaban J connectivity index is 1.60. The molecule has 0 aliphatic heterocycles. The molecule has 1 aromatic heterocycles. The highest BCUT2D eigenvalue weighted by Gasteiger charge is 2.38. The Labute approximate surface area is 202 Å². The Kier molecular flexibility index (Phi) is 6.72. The molecule has 182 valence electrons. The molecule has 0 saturated heterocycles. The summed E-state index contributed by atoms with van der Waals surface area (Å²) in [6, 6.07) is 9.24. The summed E-state index contributed by atoms with van der Waals surface area (Å²) >= 11 is 6.34. The summed E-state index contributed by atoms with van der Waals surface area (Å²) in [5.74, 6) is -0.350. The van der Waals surface area contributed by atoms with Gasteiger partial charge in [-0.15, -0.1) is 0 Å². The number of primary amides is 1. The second-order valence-electron chi connectivity index (χ2n) is 7.44. The highest BCUT2D eigenvalue weighted by Crippen LogP contribution is 2.36. The molecule has 0 spiro atoms. The number of halogens is 3. The standard InChI is InChI=1S/C23H19ClF2N4O5/c1-34-17-8-15-11(7-12(17)23(27)33)16(4-5-28-15)35-10-2-3-14(13(24)6-10)30-20-19(21(31)22(20)32)29-9-18(25)26/h2-8,18,21,29-31H,9H2,1H3,(H2,27,33). The van der Waals surface area contributed by atoms with Crippen LogP contribution < -0.4 is 25.8 Å². The second kappa shape index (κ2) is 9.72. The van der Waals surface area contributed by atoms with Crippen LogP contribution in [0.3, 0.4) is 0 Å². The fourth-order valence-corrected chi connectivity index (χ4v) is 3.70. The number of hydrogen-bond acceptors (Lipinski definition) is 8. The summed E-state index contributed by atoms with van der Waals surface area (Å²) in [4.78, 5) is 28.0. The van der Waals surface area contributed by atoms with Gasteiger partial charge >= 0.3 is 0 Å². The Hall–Kier alpha value is -3.96. The van der Waals surface area contributed by atoms with Crippen molar-refractivity contribution in [3.8, 4) is 17.2 Å². The Morgan fingerprint density at radius 2 is 2.03 bits per heavy atom. The molecule has 1 aliphatic carbocycles.